The molecule has 0 radical (unpaired) electrons. The summed E-state index contributed by atoms with van der Waals surface area (Å²) in [5.74, 6) is 1.04. The van der Waals surface area contributed by atoms with Crippen molar-refractivity contribution in [1.29, 1.82) is 0 Å². The van der Waals surface area contributed by atoms with Gasteiger partial charge in [-0.2, -0.15) is 0 Å². The molecule has 0 spiro atoms. The predicted molar refractivity (Wildman–Crippen MR) is 72.7 cm³/mol. The Bertz CT molecular complexity index is 436. The fourth-order valence-corrected chi connectivity index (χ4v) is 2.07. The van der Waals surface area contributed by atoms with E-state index in [9.17, 15) is 4.79 Å². The second-order valence-electron chi connectivity index (χ2n) is 3.82. The third-order valence-corrected chi connectivity index (χ3v) is 2.96. The number of carbonyl (C=O) groups is 1. The van der Waals surface area contributed by atoms with E-state index in [1.54, 1.807) is 21.1 Å². The molecule has 18 heavy (non-hydrogen) atoms. The maximum absolute atomic E-state index is 11.4. The second kappa shape index (κ2) is 6.61. The van der Waals surface area contributed by atoms with Crippen LogP contribution in [0.3, 0.4) is 0 Å². The van der Waals surface area contributed by atoms with Crippen LogP contribution >= 0.6 is 15.9 Å². The number of methoxy groups -OCH3 is 2. The molecule has 0 bridgehead atoms. The van der Waals surface area contributed by atoms with Crippen molar-refractivity contribution in [3.63, 3.8) is 0 Å². The molecule has 0 unspecified atom stereocenters. The minimum Gasteiger partial charge on any atom is -0.493 e. The first-order chi connectivity index (χ1) is 8.49. The molecule has 1 aromatic carbocycles. The van der Waals surface area contributed by atoms with Crippen molar-refractivity contribution in [1.82, 2.24) is 5.32 Å². The summed E-state index contributed by atoms with van der Waals surface area (Å²) in [5, 5.41) is 2.73. The van der Waals surface area contributed by atoms with Crippen molar-refractivity contribution in [2.75, 3.05) is 14.2 Å². The lowest BCUT2D eigenvalue weighted by Crippen LogP contribution is -2.37. The molecule has 0 heterocycles. The Labute approximate surface area is 115 Å². The monoisotopic (exact) mass is 316 g/mol. The highest BCUT2D eigenvalue weighted by Gasteiger charge is 2.12. The van der Waals surface area contributed by atoms with Gasteiger partial charge in [0.05, 0.1) is 24.7 Å². The SMILES string of the molecule is COc1cc(CNC(=O)[C@H](C)N)cc(Br)c1OC. The zero-order valence-corrected chi connectivity index (χ0v) is 12.2. The van der Waals surface area contributed by atoms with Crippen LogP contribution in [0.15, 0.2) is 16.6 Å². The summed E-state index contributed by atoms with van der Waals surface area (Å²) < 4.78 is 11.2. The summed E-state index contributed by atoms with van der Waals surface area (Å²) in [6.07, 6.45) is 0. The lowest BCUT2D eigenvalue weighted by Gasteiger charge is -2.13. The van der Waals surface area contributed by atoms with Crippen LogP contribution in [0.2, 0.25) is 0 Å². The van der Waals surface area contributed by atoms with E-state index < -0.39 is 6.04 Å². The summed E-state index contributed by atoms with van der Waals surface area (Å²) >= 11 is 3.39. The Balaban J connectivity index is 2.85. The molecule has 0 saturated carbocycles. The van der Waals surface area contributed by atoms with Gasteiger partial charge in [-0.3, -0.25) is 4.79 Å². The zero-order chi connectivity index (χ0) is 13.7. The van der Waals surface area contributed by atoms with Gasteiger partial charge in [0.15, 0.2) is 11.5 Å². The van der Waals surface area contributed by atoms with Gasteiger partial charge in [-0.05, 0) is 40.5 Å². The van der Waals surface area contributed by atoms with E-state index in [1.807, 2.05) is 12.1 Å². The molecule has 0 saturated heterocycles. The van der Waals surface area contributed by atoms with Gasteiger partial charge in [0, 0.05) is 6.54 Å². The predicted octanol–water partition coefficient (Wildman–Crippen LogP) is 1.43. The number of carbonyl (C=O) groups excluding carboxylic acids is 1. The molecule has 100 valence electrons. The molecule has 5 nitrogen and oxygen atoms in total. The fraction of sp³-hybridized carbons (Fsp3) is 0.417. The standard InChI is InChI=1S/C12H17BrN2O3/c1-7(14)12(16)15-6-8-4-9(13)11(18-3)10(5-8)17-2/h4-5,7H,6,14H2,1-3H3,(H,15,16)/t7-/m0/s1. The van der Waals surface area contributed by atoms with Crippen LogP contribution < -0.4 is 20.5 Å². The summed E-state index contributed by atoms with van der Waals surface area (Å²) in [4.78, 5) is 11.4. The Kier molecular flexibility index (Phi) is 5.43. The van der Waals surface area contributed by atoms with Crippen LogP contribution in [0.5, 0.6) is 11.5 Å². The molecule has 3 N–H and O–H groups in total. The highest BCUT2D eigenvalue weighted by atomic mass is 79.9. The van der Waals surface area contributed by atoms with E-state index in [0.717, 1.165) is 10.0 Å². The minimum absolute atomic E-state index is 0.194. The number of hydrogen-bond donors (Lipinski definition) is 2. The third-order valence-electron chi connectivity index (χ3n) is 2.37. The number of benzene rings is 1. The van der Waals surface area contributed by atoms with E-state index in [4.69, 9.17) is 15.2 Å². The van der Waals surface area contributed by atoms with Gasteiger partial charge in [-0.1, -0.05) is 0 Å². The molecule has 1 aromatic rings. The molecule has 0 aliphatic heterocycles. The summed E-state index contributed by atoms with van der Waals surface area (Å²) in [7, 11) is 3.13. The van der Waals surface area contributed by atoms with Gasteiger partial charge in [-0.25, -0.2) is 0 Å². The Morgan fingerprint density at radius 1 is 1.44 bits per heavy atom. The maximum atomic E-state index is 11.4. The summed E-state index contributed by atoms with van der Waals surface area (Å²) in [6, 6.07) is 3.15. The first-order valence-electron chi connectivity index (χ1n) is 5.43. The molecule has 1 rings (SSSR count). The highest BCUT2D eigenvalue weighted by molar-refractivity contribution is 9.10. The largest absolute Gasteiger partial charge is 0.493 e. The van der Waals surface area contributed by atoms with Gasteiger partial charge in [-0.15, -0.1) is 0 Å². The van der Waals surface area contributed by atoms with E-state index in [2.05, 4.69) is 21.2 Å². The number of hydrogen-bond acceptors (Lipinski definition) is 4. The third kappa shape index (κ3) is 3.61. The number of rotatable bonds is 5. The number of nitrogens with two attached hydrogens (primary N) is 1. The van der Waals surface area contributed by atoms with Crippen LogP contribution in [0.1, 0.15) is 12.5 Å². The molecule has 0 fully saturated rings. The highest BCUT2D eigenvalue weighted by Crippen LogP contribution is 2.36. The van der Waals surface area contributed by atoms with Crippen LogP contribution in [0.25, 0.3) is 0 Å². The number of ether oxygens (including phenoxy) is 2. The fourth-order valence-electron chi connectivity index (χ4n) is 1.42. The van der Waals surface area contributed by atoms with Crippen LogP contribution in [0, 0.1) is 0 Å². The van der Waals surface area contributed by atoms with Crippen molar-refractivity contribution in [3.05, 3.63) is 22.2 Å². The van der Waals surface area contributed by atoms with Crippen molar-refractivity contribution in [3.8, 4) is 11.5 Å². The van der Waals surface area contributed by atoms with Gasteiger partial charge in [0.1, 0.15) is 0 Å². The molecule has 0 aliphatic rings. The van der Waals surface area contributed by atoms with Gasteiger partial charge >= 0.3 is 0 Å². The number of amides is 1. The Morgan fingerprint density at radius 2 is 2.11 bits per heavy atom. The van der Waals surface area contributed by atoms with E-state index >= 15 is 0 Å². The zero-order valence-electron chi connectivity index (χ0n) is 10.6. The Hall–Kier alpha value is -1.27. The van der Waals surface area contributed by atoms with Crippen molar-refractivity contribution in [2.45, 2.75) is 19.5 Å². The van der Waals surface area contributed by atoms with Crippen LogP contribution in [-0.2, 0) is 11.3 Å². The molecule has 1 atom stereocenters. The van der Waals surface area contributed by atoms with Crippen molar-refractivity contribution in [2.24, 2.45) is 5.73 Å². The van der Waals surface area contributed by atoms with Crippen LogP contribution in [0.4, 0.5) is 0 Å². The Morgan fingerprint density at radius 3 is 2.61 bits per heavy atom. The smallest absolute Gasteiger partial charge is 0.236 e. The number of nitrogens with one attached hydrogen (secondary N) is 1. The minimum atomic E-state index is -0.520. The quantitative estimate of drug-likeness (QED) is 0.862. The lowest BCUT2D eigenvalue weighted by atomic mass is 10.2. The molecule has 6 heteroatoms. The van der Waals surface area contributed by atoms with E-state index in [-0.39, 0.29) is 5.91 Å². The molecule has 0 aromatic heterocycles. The molecular formula is C12H17BrN2O3. The molecule has 0 aliphatic carbocycles. The normalized spacial score (nSPS) is 11.8. The average Bonchev–Trinajstić information content (AvgIpc) is 2.34. The second-order valence-corrected chi connectivity index (χ2v) is 4.67. The molecular weight excluding hydrogens is 300 g/mol. The van der Waals surface area contributed by atoms with Gasteiger partial charge < -0.3 is 20.5 Å². The van der Waals surface area contributed by atoms with Gasteiger partial charge in [0.25, 0.3) is 0 Å². The summed E-state index contributed by atoms with van der Waals surface area (Å²) in [6.45, 7) is 2.03. The van der Waals surface area contributed by atoms with Crippen molar-refractivity contribution < 1.29 is 14.3 Å². The maximum Gasteiger partial charge on any atom is 0.236 e. The van der Waals surface area contributed by atoms with E-state index in [0.29, 0.717) is 18.0 Å². The first-order valence-corrected chi connectivity index (χ1v) is 6.22. The number of halogens is 1. The first kappa shape index (κ1) is 14.8. The molecule has 1 amide bonds. The van der Waals surface area contributed by atoms with Gasteiger partial charge in [0.2, 0.25) is 5.91 Å². The van der Waals surface area contributed by atoms with E-state index in [1.165, 1.54) is 0 Å². The topological polar surface area (TPSA) is 73.6 Å². The van der Waals surface area contributed by atoms with Crippen molar-refractivity contribution >= 4 is 21.8 Å². The lowest BCUT2D eigenvalue weighted by molar-refractivity contribution is -0.122. The summed E-state index contributed by atoms with van der Waals surface area (Å²) in [5.41, 5.74) is 6.36. The average molecular weight is 317 g/mol. The van der Waals surface area contributed by atoms with Crippen LogP contribution in [-0.4, -0.2) is 26.2 Å².